The van der Waals surface area contributed by atoms with E-state index in [0.29, 0.717) is 11.9 Å². The van der Waals surface area contributed by atoms with Gasteiger partial charge in [0.25, 0.3) is 0 Å². The lowest BCUT2D eigenvalue weighted by Crippen LogP contribution is -2.29. The van der Waals surface area contributed by atoms with Crippen molar-refractivity contribution in [1.82, 2.24) is 9.88 Å². The van der Waals surface area contributed by atoms with Crippen LogP contribution in [-0.4, -0.2) is 22.5 Å². The van der Waals surface area contributed by atoms with Crippen molar-refractivity contribution >= 4 is 5.82 Å². The summed E-state index contributed by atoms with van der Waals surface area (Å²) < 4.78 is 0. The van der Waals surface area contributed by atoms with Gasteiger partial charge in [0.1, 0.15) is 5.82 Å². The highest BCUT2D eigenvalue weighted by atomic mass is 15.2. The maximum Gasteiger partial charge on any atom is 0.139 e. The van der Waals surface area contributed by atoms with Crippen molar-refractivity contribution in [2.45, 2.75) is 33.4 Å². The average molecular weight is 208 g/mol. The molecule has 0 spiro atoms. The maximum atomic E-state index is 5.25. The first-order valence-corrected chi connectivity index (χ1v) is 5.33. The van der Waals surface area contributed by atoms with E-state index in [1.165, 1.54) is 5.56 Å². The molecule has 0 saturated heterocycles. The zero-order chi connectivity index (χ0) is 11.3. The predicted octanol–water partition coefficient (Wildman–Crippen LogP) is 1.60. The molecule has 0 radical (unpaired) electrons. The lowest BCUT2D eigenvalue weighted by atomic mass is 10.2. The monoisotopic (exact) mass is 208 g/mol. The summed E-state index contributed by atoms with van der Waals surface area (Å²) in [4.78, 5) is 6.56. The van der Waals surface area contributed by atoms with Crippen LogP contribution >= 0.6 is 0 Å². The molecule has 1 rings (SSSR count). The van der Waals surface area contributed by atoms with Crippen LogP contribution < -0.4 is 11.3 Å². The third-order valence-electron chi connectivity index (χ3n) is 2.49. The summed E-state index contributed by atoms with van der Waals surface area (Å²) in [6.45, 7) is 8.56. The fourth-order valence-electron chi connectivity index (χ4n) is 1.50. The molecule has 0 fully saturated rings. The van der Waals surface area contributed by atoms with Crippen molar-refractivity contribution < 1.29 is 0 Å². The van der Waals surface area contributed by atoms with Gasteiger partial charge in [0.15, 0.2) is 0 Å². The van der Waals surface area contributed by atoms with Crippen molar-refractivity contribution in [1.29, 1.82) is 0 Å². The number of anilines is 1. The van der Waals surface area contributed by atoms with Crippen molar-refractivity contribution in [2.75, 3.05) is 12.0 Å². The topological polar surface area (TPSA) is 54.2 Å². The van der Waals surface area contributed by atoms with Crippen LogP contribution in [-0.2, 0) is 6.54 Å². The third kappa shape index (κ3) is 3.49. The molecule has 15 heavy (non-hydrogen) atoms. The molecule has 0 bridgehead atoms. The molecule has 1 aromatic heterocycles. The number of aromatic nitrogens is 1. The largest absolute Gasteiger partial charge is 0.308 e. The van der Waals surface area contributed by atoms with Gasteiger partial charge in [0.2, 0.25) is 0 Å². The fourth-order valence-corrected chi connectivity index (χ4v) is 1.50. The standard InChI is InChI=1S/C11H20N4/c1-4-15(9(2)3)8-10-5-6-11(14-12)13-7-10/h5-7,9H,4,8,12H2,1-3H3,(H,13,14). The van der Waals surface area contributed by atoms with E-state index >= 15 is 0 Å². The zero-order valence-electron chi connectivity index (χ0n) is 9.70. The second-order valence-corrected chi connectivity index (χ2v) is 3.85. The van der Waals surface area contributed by atoms with Crippen LogP contribution in [0.1, 0.15) is 26.3 Å². The van der Waals surface area contributed by atoms with Crippen molar-refractivity contribution in [3.05, 3.63) is 23.9 Å². The number of nitrogens with one attached hydrogen (secondary N) is 1. The summed E-state index contributed by atoms with van der Waals surface area (Å²) in [6.07, 6.45) is 1.86. The summed E-state index contributed by atoms with van der Waals surface area (Å²) in [6, 6.07) is 4.50. The SMILES string of the molecule is CCN(Cc1ccc(NN)nc1)C(C)C. The van der Waals surface area contributed by atoms with E-state index in [0.717, 1.165) is 13.1 Å². The van der Waals surface area contributed by atoms with Crippen LogP contribution in [0.3, 0.4) is 0 Å². The number of hydrazine groups is 1. The molecule has 3 N–H and O–H groups in total. The van der Waals surface area contributed by atoms with Gasteiger partial charge in [-0.25, -0.2) is 10.8 Å². The Hall–Kier alpha value is -1.13. The molecule has 4 heteroatoms. The lowest BCUT2D eigenvalue weighted by molar-refractivity contribution is 0.224. The van der Waals surface area contributed by atoms with Gasteiger partial charge < -0.3 is 5.43 Å². The van der Waals surface area contributed by atoms with Crippen molar-refractivity contribution in [3.8, 4) is 0 Å². The van der Waals surface area contributed by atoms with Gasteiger partial charge in [-0.05, 0) is 32.0 Å². The Morgan fingerprint density at radius 3 is 2.60 bits per heavy atom. The minimum atomic E-state index is 0.558. The van der Waals surface area contributed by atoms with Crippen LogP contribution in [0.2, 0.25) is 0 Å². The Morgan fingerprint density at radius 2 is 2.20 bits per heavy atom. The van der Waals surface area contributed by atoms with Gasteiger partial charge in [-0.15, -0.1) is 0 Å². The van der Waals surface area contributed by atoms with Crippen LogP contribution in [0.5, 0.6) is 0 Å². The van der Waals surface area contributed by atoms with Gasteiger partial charge in [0, 0.05) is 18.8 Å². The van der Waals surface area contributed by atoms with E-state index in [1.54, 1.807) is 0 Å². The van der Waals surface area contributed by atoms with Crippen molar-refractivity contribution in [2.24, 2.45) is 5.84 Å². The lowest BCUT2D eigenvalue weighted by Gasteiger charge is -2.24. The molecule has 0 aliphatic heterocycles. The van der Waals surface area contributed by atoms with E-state index in [9.17, 15) is 0 Å². The molecule has 0 aliphatic rings. The maximum absolute atomic E-state index is 5.25. The van der Waals surface area contributed by atoms with Gasteiger partial charge >= 0.3 is 0 Å². The molecule has 0 saturated carbocycles. The van der Waals surface area contributed by atoms with Crippen LogP contribution in [0.4, 0.5) is 5.82 Å². The number of rotatable bonds is 5. The van der Waals surface area contributed by atoms with Gasteiger partial charge in [-0.1, -0.05) is 13.0 Å². The van der Waals surface area contributed by atoms with Gasteiger partial charge in [-0.2, -0.15) is 0 Å². The highest BCUT2D eigenvalue weighted by Gasteiger charge is 2.07. The van der Waals surface area contributed by atoms with E-state index in [2.05, 4.69) is 36.1 Å². The molecule has 4 nitrogen and oxygen atoms in total. The fraction of sp³-hybridized carbons (Fsp3) is 0.545. The number of nitrogen functional groups attached to an aromatic ring is 1. The normalized spacial score (nSPS) is 11.1. The summed E-state index contributed by atoms with van der Waals surface area (Å²) in [5.41, 5.74) is 3.73. The minimum absolute atomic E-state index is 0.558. The van der Waals surface area contributed by atoms with E-state index in [4.69, 9.17) is 5.84 Å². The summed E-state index contributed by atoms with van der Waals surface area (Å²) in [5, 5.41) is 0. The predicted molar refractivity (Wildman–Crippen MR) is 63.3 cm³/mol. The first-order chi connectivity index (χ1) is 7.17. The summed E-state index contributed by atoms with van der Waals surface area (Å²) in [5.74, 6) is 5.95. The molecule has 0 aromatic carbocycles. The number of hydrogen-bond donors (Lipinski definition) is 2. The molecule has 0 amide bonds. The van der Waals surface area contributed by atoms with E-state index in [-0.39, 0.29) is 0 Å². The average Bonchev–Trinajstić information content (AvgIpc) is 2.26. The van der Waals surface area contributed by atoms with Gasteiger partial charge in [0.05, 0.1) is 0 Å². The summed E-state index contributed by atoms with van der Waals surface area (Å²) >= 11 is 0. The Bertz CT molecular complexity index is 281. The third-order valence-corrected chi connectivity index (χ3v) is 2.49. The number of pyridine rings is 1. The number of hydrogen-bond acceptors (Lipinski definition) is 4. The highest BCUT2D eigenvalue weighted by molar-refractivity contribution is 5.33. The second kappa shape index (κ2) is 5.68. The van der Waals surface area contributed by atoms with E-state index < -0.39 is 0 Å². The van der Waals surface area contributed by atoms with Gasteiger partial charge in [-0.3, -0.25) is 4.90 Å². The number of nitrogens with zero attached hydrogens (tertiary/aromatic N) is 2. The second-order valence-electron chi connectivity index (χ2n) is 3.85. The first kappa shape index (κ1) is 11.9. The molecule has 0 atom stereocenters. The Labute approximate surface area is 91.5 Å². The Morgan fingerprint density at radius 1 is 1.47 bits per heavy atom. The zero-order valence-corrected chi connectivity index (χ0v) is 9.70. The van der Waals surface area contributed by atoms with Crippen molar-refractivity contribution in [3.63, 3.8) is 0 Å². The number of nitrogens with two attached hydrogens (primary N) is 1. The molecular formula is C11H20N4. The van der Waals surface area contributed by atoms with E-state index in [1.807, 2.05) is 18.3 Å². The van der Waals surface area contributed by atoms with Crippen LogP contribution in [0, 0.1) is 0 Å². The summed E-state index contributed by atoms with van der Waals surface area (Å²) in [7, 11) is 0. The molecule has 1 heterocycles. The Balaban J connectivity index is 2.63. The van der Waals surface area contributed by atoms with Crippen LogP contribution in [0.25, 0.3) is 0 Å². The minimum Gasteiger partial charge on any atom is -0.308 e. The highest BCUT2D eigenvalue weighted by Crippen LogP contribution is 2.09. The molecule has 0 aliphatic carbocycles. The van der Waals surface area contributed by atoms with Crippen LogP contribution in [0.15, 0.2) is 18.3 Å². The quantitative estimate of drug-likeness (QED) is 0.570. The first-order valence-electron chi connectivity index (χ1n) is 5.33. The molecule has 0 unspecified atom stereocenters. The molecule has 84 valence electrons. The molecular weight excluding hydrogens is 188 g/mol. The Kier molecular flexibility index (Phi) is 4.52. The smallest absolute Gasteiger partial charge is 0.139 e. The molecule has 1 aromatic rings.